The van der Waals surface area contributed by atoms with E-state index in [2.05, 4.69) is 10.4 Å². The van der Waals surface area contributed by atoms with E-state index in [1.165, 1.54) is 17.6 Å². The Morgan fingerprint density at radius 2 is 2.43 bits per heavy atom. The summed E-state index contributed by atoms with van der Waals surface area (Å²) in [6, 6.07) is -0.128. The van der Waals surface area contributed by atoms with Crippen molar-refractivity contribution in [3.8, 4) is 0 Å². The van der Waals surface area contributed by atoms with Crippen molar-refractivity contribution in [1.29, 1.82) is 0 Å². The zero-order chi connectivity index (χ0) is 10.6. The predicted molar refractivity (Wildman–Crippen MR) is 56.5 cm³/mol. The summed E-state index contributed by atoms with van der Waals surface area (Å²) in [6.07, 6.45) is 3.38. The van der Waals surface area contributed by atoms with Gasteiger partial charge >= 0.3 is 0 Å². The van der Waals surface area contributed by atoms with Crippen molar-refractivity contribution in [2.45, 2.75) is 12.5 Å². The molecule has 1 rings (SSSR count). The molecule has 0 aromatic carbocycles. The van der Waals surface area contributed by atoms with Crippen LogP contribution in [0.1, 0.15) is 17.3 Å². The van der Waals surface area contributed by atoms with Crippen molar-refractivity contribution in [2.75, 3.05) is 12.0 Å². The first-order chi connectivity index (χ1) is 6.53. The highest BCUT2D eigenvalue weighted by Gasteiger charge is 2.13. The van der Waals surface area contributed by atoms with E-state index in [9.17, 15) is 8.42 Å². The molecule has 14 heavy (non-hydrogen) atoms. The molecule has 3 N–H and O–H groups in total. The van der Waals surface area contributed by atoms with Crippen LogP contribution in [0.15, 0.2) is 11.7 Å². The van der Waals surface area contributed by atoms with Crippen LogP contribution in [0.2, 0.25) is 0 Å². The van der Waals surface area contributed by atoms with Crippen molar-refractivity contribution >= 4 is 21.2 Å². The van der Waals surface area contributed by atoms with Crippen LogP contribution in [-0.2, 0) is 9.84 Å². The lowest BCUT2D eigenvalue weighted by molar-refractivity contribution is 0.537. The van der Waals surface area contributed by atoms with Gasteiger partial charge in [-0.2, -0.15) is 0 Å². The molecule has 1 aromatic rings. The molecule has 1 aromatic heterocycles. The smallest absolute Gasteiger partial charge is 0.147 e. The van der Waals surface area contributed by atoms with E-state index in [1.807, 2.05) is 0 Å². The molecule has 0 saturated carbocycles. The summed E-state index contributed by atoms with van der Waals surface area (Å²) < 4.78 is 21.9. The zero-order valence-corrected chi connectivity index (χ0v) is 9.44. The van der Waals surface area contributed by atoms with E-state index in [0.29, 0.717) is 6.42 Å². The molecule has 7 heteroatoms. The van der Waals surface area contributed by atoms with Gasteiger partial charge in [-0.25, -0.2) is 8.42 Å². The van der Waals surface area contributed by atoms with Gasteiger partial charge in [0.2, 0.25) is 0 Å². The molecule has 0 aliphatic rings. The Kier molecular flexibility index (Phi) is 3.99. The Hall–Kier alpha value is -0.500. The molecule has 0 amide bonds. The second kappa shape index (κ2) is 4.83. The molecule has 0 saturated heterocycles. The van der Waals surface area contributed by atoms with Crippen LogP contribution < -0.4 is 11.3 Å². The Balaban J connectivity index is 2.57. The van der Waals surface area contributed by atoms with Crippen molar-refractivity contribution in [3.05, 3.63) is 16.6 Å². The molecular weight excluding hydrogens is 222 g/mol. The third kappa shape index (κ3) is 3.70. The highest BCUT2D eigenvalue weighted by molar-refractivity contribution is 7.90. The SMILES string of the molecule is CS(=O)(=O)CCC(NN)c1cncs1. The summed E-state index contributed by atoms with van der Waals surface area (Å²) in [4.78, 5) is 4.86. The number of sulfone groups is 1. The zero-order valence-electron chi connectivity index (χ0n) is 7.80. The fourth-order valence-electron chi connectivity index (χ4n) is 1.04. The lowest BCUT2D eigenvalue weighted by Gasteiger charge is -2.12. The molecule has 0 radical (unpaired) electrons. The Morgan fingerprint density at radius 1 is 1.71 bits per heavy atom. The van der Waals surface area contributed by atoms with Gasteiger partial charge in [0.05, 0.1) is 17.3 Å². The Labute approximate surface area is 87.2 Å². The largest absolute Gasteiger partial charge is 0.271 e. The number of nitrogens with one attached hydrogen (secondary N) is 1. The molecule has 0 aliphatic heterocycles. The standard InChI is InChI=1S/C7H13N3O2S2/c1-14(11,12)3-2-6(10-8)7-4-9-5-13-7/h4-6,10H,2-3,8H2,1H3. The maximum absolute atomic E-state index is 10.9. The number of hydrogen-bond donors (Lipinski definition) is 2. The molecule has 0 fully saturated rings. The maximum Gasteiger partial charge on any atom is 0.147 e. The van der Waals surface area contributed by atoms with E-state index in [4.69, 9.17) is 5.84 Å². The summed E-state index contributed by atoms with van der Waals surface area (Å²) in [5.41, 5.74) is 4.28. The van der Waals surface area contributed by atoms with Crippen molar-refractivity contribution < 1.29 is 8.42 Å². The van der Waals surface area contributed by atoms with Crippen molar-refractivity contribution in [1.82, 2.24) is 10.4 Å². The average molecular weight is 235 g/mol. The van der Waals surface area contributed by atoms with Crippen LogP contribution >= 0.6 is 11.3 Å². The number of aromatic nitrogens is 1. The van der Waals surface area contributed by atoms with Gasteiger partial charge < -0.3 is 0 Å². The van der Waals surface area contributed by atoms with E-state index in [0.717, 1.165) is 4.88 Å². The fourth-order valence-corrected chi connectivity index (χ4v) is 2.42. The van der Waals surface area contributed by atoms with Gasteiger partial charge in [0, 0.05) is 17.3 Å². The number of rotatable bonds is 5. The Bertz CT molecular complexity index is 360. The number of nitrogens with two attached hydrogens (primary N) is 1. The molecule has 1 atom stereocenters. The summed E-state index contributed by atoms with van der Waals surface area (Å²) in [6.45, 7) is 0. The number of nitrogens with zero attached hydrogens (tertiary/aromatic N) is 1. The monoisotopic (exact) mass is 235 g/mol. The fraction of sp³-hybridized carbons (Fsp3) is 0.571. The molecular formula is C7H13N3O2S2. The van der Waals surface area contributed by atoms with Crippen LogP contribution in [0.5, 0.6) is 0 Å². The number of hydrogen-bond acceptors (Lipinski definition) is 6. The Morgan fingerprint density at radius 3 is 2.86 bits per heavy atom. The number of thiazole rings is 1. The normalized spacial score (nSPS) is 14.1. The van der Waals surface area contributed by atoms with Crippen LogP contribution in [0, 0.1) is 0 Å². The summed E-state index contributed by atoms with van der Waals surface area (Å²) in [5.74, 6) is 5.45. The van der Waals surface area contributed by atoms with Gasteiger partial charge in [-0.05, 0) is 6.42 Å². The molecule has 0 aliphatic carbocycles. The lowest BCUT2D eigenvalue weighted by atomic mass is 10.2. The second-order valence-electron chi connectivity index (χ2n) is 3.04. The molecule has 0 spiro atoms. The molecule has 1 unspecified atom stereocenters. The summed E-state index contributed by atoms with van der Waals surface area (Å²) in [5, 5.41) is 0. The topological polar surface area (TPSA) is 85.1 Å². The van der Waals surface area contributed by atoms with Crippen molar-refractivity contribution in [2.24, 2.45) is 5.84 Å². The first-order valence-electron chi connectivity index (χ1n) is 4.05. The van der Waals surface area contributed by atoms with Gasteiger partial charge in [-0.15, -0.1) is 11.3 Å². The molecule has 80 valence electrons. The van der Waals surface area contributed by atoms with Gasteiger partial charge in [0.1, 0.15) is 9.84 Å². The predicted octanol–water partition coefficient (Wildman–Crippen LogP) is 0.0822. The lowest BCUT2D eigenvalue weighted by Crippen LogP contribution is -2.29. The third-order valence-corrected chi connectivity index (χ3v) is 3.64. The van der Waals surface area contributed by atoms with Gasteiger partial charge in [0.25, 0.3) is 0 Å². The van der Waals surface area contributed by atoms with Gasteiger partial charge in [-0.3, -0.25) is 16.3 Å². The third-order valence-electron chi connectivity index (χ3n) is 1.77. The first-order valence-corrected chi connectivity index (χ1v) is 6.99. The summed E-state index contributed by atoms with van der Waals surface area (Å²) >= 11 is 1.46. The molecule has 0 bridgehead atoms. The van der Waals surface area contributed by atoms with Crippen LogP contribution in [-0.4, -0.2) is 25.4 Å². The minimum Gasteiger partial charge on any atom is -0.271 e. The van der Waals surface area contributed by atoms with Gasteiger partial charge in [-0.1, -0.05) is 0 Å². The van der Waals surface area contributed by atoms with E-state index < -0.39 is 9.84 Å². The van der Waals surface area contributed by atoms with Gasteiger partial charge in [0.15, 0.2) is 0 Å². The van der Waals surface area contributed by atoms with E-state index in [-0.39, 0.29) is 11.8 Å². The van der Waals surface area contributed by atoms with E-state index in [1.54, 1.807) is 11.7 Å². The van der Waals surface area contributed by atoms with Crippen molar-refractivity contribution in [3.63, 3.8) is 0 Å². The van der Waals surface area contributed by atoms with Crippen LogP contribution in [0.3, 0.4) is 0 Å². The molecule has 5 nitrogen and oxygen atoms in total. The molecule has 1 heterocycles. The minimum absolute atomic E-state index is 0.125. The average Bonchev–Trinajstić information content (AvgIpc) is 2.56. The first kappa shape index (κ1) is 11.6. The van der Waals surface area contributed by atoms with E-state index >= 15 is 0 Å². The minimum atomic E-state index is -2.93. The highest BCUT2D eigenvalue weighted by Crippen LogP contribution is 2.19. The second-order valence-corrected chi connectivity index (χ2v) is 6.22. The highest BCUT2D eigenvalue weighted by atomic mass is 32.2. The number of hydrazine groups is 1. The maximum atomic E-state index is 10.9. The summed E-state index contributed by atoms with van der Waals surface area (Å²) in [7, 11) is -2.93. The quantitative estimate of drug-likeness (QED) is 0.558. The van der Waals surface area contributed by atoms with Crippen LogP contribution in [0.25, 0.3) is 0 Å². The van der Waals surface area contributed by atoms with Crippen LogP contribution in [0.4, 0.5) is 0 Å².